The normalized spacial score (nSPS) is 10.5. The minimum Gasteiger partial charge on any atom is -0.452 e. The van der Waals surface area contributed by atoms with Crippen LogP contribution in [0.4, 0.5) is 5.69 Å². The topological polar surface area (TPSA) is 81.4 Å². The maximum Gasteiger partial charge on any atom is 0.338 e. The molecule has 116 valence electrons. The molecular weight excluding hydrogens is 315 g/mol. The Bertz CT molecular complexity index is 510. The number of hydrogen-bond donors (Lipinski definition) is 2. The quantitative estimate of drug-likeness (QED) is 0.619. The molecule has 0 unspecified atom stereocenters. The summed E-state index contributed by atoms with van der Waals surface area (Å²) in [6.45, 7) is 4.31. The molecule has 0 aliphatic heterocycles. The van der Waals surface area contributed by atoms with Gasteiger partial charge in [-0.1, -0.05) is 37.0 Å². The summed E-state index contributed by atoms with van der Waals surface area (Å²) in [4.78, 5) is 23.3. The third kappa shape index (κ3) is 5.81. The first kappa shape index (κ1) is 17.6. The van der Waals surface area contributed by atoms with Gasteiger partial charge in [0.2, 0.25) is 0 Å². The number of benzene rings is 1. The number of nitrogen functional groups attached to an aromatic ring is 1. The molecule has 7 heteroatoms. The zero-order valence-corrected chi connectivity index (χ0v) is 13.4. The molecule has 3 N–H and O–H groups in total. The van der Waals surface area contributed by atoms with E-state index in [2.05, 4.69) is 19.2 Å². The summed E-state index contributed by atoms with van der Waals surface area (Å²) in [6, 6.07) is 2.70. The summed E-state index contributed by atoms with van der Waals surface area (Å²) in [5, 5.41) is 3.00. The average Bonchev–Trinajstić information content (AvgIpc) is 2.41. The molecular formula is C14H18Cl2N2O3. The van der Waals surface area contributed by atoms with Crippen LogP contribution in [0, 0.1) is 5.92 Å². The Morgan fingerprint density at radius 1 is 1.33 bits per heavy atom. The van der Waals surface area contributed by atoms with Crippen molar-refractivity contribution in [2.45, 2.75) is 20.3 Å². The number of rotatable bonds is 6. The van der Waals surface area contributed by atoms with Gasteiger partial charge in [-0.25, -0.2) is 4.79 Å². The standard InChI is InChI=1S/C14H18Cl2N2O3/c1-8(2)3-4-18-12(19)7-21-14(20)9-5-10(15)13(16)11(17)6-9/h5-6,8H,3-4,7,17H2,1-2H3,(H,18,19). The smallest absolute Gasteiger partial charge is 0.338 e. The monoisotopic (exact) mass is 332 g/mol. The Kier molecular flexibility index (Phi) is 6.78. The molecule has 21 heavy (non-hydrogen) atoms. The first-order valence-electron chi connectivity index (χ1n) is 6.49. The zero-order valence-electron chi connectivity index (χ0n) is 11.9. The number of nitrogens with two attached hydrogens (primary N) is 1. The highest BCUT2D eigenvalue weighted by atomic mass is 35.5. The van der Waals surface area contributed by atoms with Crippen LogP contribution >= 0.6 is 23.2 Å². The minimum atomic E-state index is -0.681. The number of carbonyl (C=O) groups excluding carboxylic acids is 2. The maximum absolute atomic E-state index is 11.8. The molecule has 0 aromatic heterocycles. The number of carbonyl (C=O) groups is 2. The van der Waals surface area contributed by atoms with E-state index >= 15 is 0 Å². The van der Waals surface area contributed by atoms with Crippen LogP contribution in [0.25, 0.3) is 0 Å². The maximum atomic E-state index is 11.8. The molecule has 0 aliphatic rings. The van der Waals surface area contributed by atoms with Crippen LogP contribution in [0.1, 0.15) is 30.6 Å². The van der Waals surface area contributed by atoms with Crippen LogP contribution in [-0.2, 0) is 9.53 Å². The number of ether oxygens (including phenoxy) is 1. The van der Waals surface area contributed by atoms with Crippen LogP contribution in [-0.4, -0.2) is 25.0 Å². The van der Waals surface area contributed by atoms with Crippen molar-refractivity contribution in [1.29, 1.82) is 0 Å². The van der Waals surface area contributed by atoms with E-state index in [1.807, 2.05) is 0 Å². The third-order valence-corrected chi connectivity index (χ3v) is 3.49. The summed E-state index contributed by atoms with van der Waals surface area (Å²) >= 11 is 11.6. The van der Waals surface area contributed by atoms with Gasteiger partial charge >= 0.3 is 5.97 Å². The van der Waals surface area contributed by atoms with Crippen molar-refractivity contribution < 1.29 is 14.3 Å². The van der Waals surface area contributed by atoms with Crippen molar-refractivity contribution in [3.05, 3.63) is 27.7 Å². The molecule has 0 fully saturated rings. The SMILES string of the molecule is CC(C)CCNC(=O)COC(=O)c1cc(N)c(Cl)c(Cl)c1. The van der Waals surface area contributed by atoms with E-state index in [1.165, 1.54) is 12.1 Å². The Balaban J connectivity index is 2.49. The highest BCUT2D eigenvalue weighted by molar-refractivity contribution is 6.43. The molecule has 0 saturated carbocycles. The summed E-state index contributed by atoms with van der Waals surface area (Å²) in [7, 11) is 0. The lowest BCUT2D eigenvalue weighted by atomic mass is 10.1. The second-order valence-corrected chi connectivity index (χ2v) is 5.76. The fourth-order valence-corrected chi connectivity index (χ4v) is 1.83. The van der Waals surface area contributed by atoms with Crippen molar-refractivity contribution in [2.75, 3.05) is 18.9 Å². The second-order valence-electron chi connectivity index (χ2n) is 4.97. The largest absolute Gasteiger partial charge is 0.452 e. The highest BCUT2D eigenvalue weighted by Crippen LogP contribution is 2.29. The van der Waals surface area contributed by atoms with Gasteiger partial charge in [0.1, 0.15) is 0 Å². The van der Waals surface area contributed by atoms with Gasteiger partial charge in [0.15, 0.2) is 6.61 Å². The van der Waals surface area contributed by atoms with Crippen molar-refractivity contribution >= 4 is 40.8 Å². The van der Waals surface area contributed by atoms with Gasteiger partial charge in [-0.15, -0.1) is 0 Å². The van der Waals surface area contributed by atoms with Crippen molar-refractivity contribution in [1.82, 2.24) is 5.32 Å². The van der Waals surface area contributed by atoms with Crippen LogP contribution in [0.5, 0.6) is 0 Å². The number of halogens is 2. The predicted molar refractivity (Wildman–Crippen MR) is 83.6 cm³/mol. The number of esters is 1. The van der Waals surface area contributed by atoms with E-state index in [0.29, 0.717) is 12.5 Å². The lowest BCUT2D eigenvalue weighted by Gasteiger charge is -2.09. The fourth-order valence-electron chi connectivity index (χ4n) is 1.49. The number of anilines is 1. The van der Waals surface area contributed by atoms with E-state index in [1.54, 1.807) is 0 Å². The first-order chi connectivity index (χ1) is 9.81. The van der Waals surface area contributed by atoms with E-state index < -0.39 is 5.97 Å². The molecule has 1 aromatic rings. The van der Waals surface area contributed by atoms with E-state index in [4.69, 9.17) is 33.7 Å². The Hall–Kier alpha value is -1.46. The highest BCUT2D eigenvalue weighted by Gasteiger charge is 2.14. The molecule has 1 amide bonds. The van der Waals surface area contributed by atoms with E-state index in [0.717, 1.165) is 6.42 Å². The van der Waals surface area contributed by atoms with Crippen LogP contribution in [0.15, 0.2) is 12.1 Å². The molecule has 1 aromatic carbocycles. The van der Waals surface area contributed by atoms with Crippen LogP contribution in [0.2, 0.25) is 10.0 Å². The molecule has 0 heterocycles. The van der Waals surface area contributed by atoms with Crippen molar-refractivity contribution in [3.8, 4) is 0 Å². The van der Waals surface area contributed by atoms with E-state index in [-0.39, 0.29) is 33.8 Å². The van der Waals surface area contributed by atoms with Gasteiger partial charge in [-0.05, 0) is 24.5 Å². The number of hydrogen-bond acceptors (Lipinski definition) is 4. The number of amides is 1. The fraction of sp³-hybridized carbons (Fsp3) is 0.429. The van der Waals surface area contributed by atoms with Crippen LogP contribution < -0.4 is 11.1 Å². The lowest BCUT2D eigenvalue weighted by molar-refractivity contribution is -0.124. The van der Waals surface area contributed by atoms with Gasteiger partial charge in [-0.2, -0.15) is 0 Å². The van der Waals surface area contributed by atoms with Crippen molar-refractivity contribution in [2.24, 2.45) is 5.92 Å². The van der Waals surface area contributed by atoms with Gasteiger partial charge < -0.3 is 15.8 Å². The molecule has 0 radical (unpaired) electrons. The molecule has 0 atom stereocenters. The van der Waals surface area contributed by atoms with Gasteiger partial charge in [0.25, 0.3) is 5.91 Å². The first-order valence-corrected chi connectivity index (χ1v) is 7.25. The predicted octanol–water partition coefficient (Wildman–Crippen LogP) is 2.89. The summed E-state index contributed by atoms with van der Waals surface area (Å²) in [5.74, 6) is -0.539. The molecule has 0 saturated heterocycles. The summed E-state index contributed by atoms with van der Waals surface area (Å²) in [6.07, 6.45) is 0.864. The molecule has 0 aliphatic carbocycles. The van der Waals surface area contributed by atoms with Gasteiger partial charge in [0.05, 0.1) is 21.3 Å². The Morgan fingerprint density at radius 2 is 2.00 bits per heavy atom. The lowest BCUT2D eigenvalue weighted by Crippen LogP contribution is -2.30. The summed E-state index contributed by atoms with van der Waals surface area (Å²) < 4.78 is 4.89. The molecule has 1 rings (SSSR count). The van der Waals surface area contributed by atoms with Crippen LogP contribution in [0.3, 0.4) is 0 Å². The van der Waals surface area contributed by atoms with Crippen molar-refractivity contribution in [3.63, 3.8) is 0 Å². The Labute approximate surface area is 133 Å². The van der Waals surface area contributed by atoms with Gasteiger partial charge in [0, 0.05) is 6.54 Å². The average molecular weight is 333 g/mol. The molecule has 5 nitrogen and oxygen atoms in total. The Morgan fingerprint density at radius 3 is 2.57 bits per heavy atom. The zero-order chi connectivity index (χ0) is 16.0. The molecule has 0 spiro atoms. The van der Waals surface area contributed by atoms with E-state index in [9.17, 15) is 9.59 Å². The second kappa shape index (κ2) is 8.10. The molecule has 0 bridgehead atoms. The minimum absolute atomic E-state index is 0.150. The number of nitrogens with one attached hydrogen (secondary N) is 1. The van der Waals surface area contributed by atoms with Gasteiger partial charge in [-0.3, -0.25) is 4.79 Å². The summed E-state index contributed by atoms with van der Waals surface area (Å²) in [5.41, 5.74) is 5.93. The third-order valence-electron chi connectivity index (χ3n) is 2.67.